The number of carbonyl (C=O) groups excluding carboxylic acids is 1. The van der Waals surface area contributed by atoms with Crippen molar-refractivity contribution >= 4 is 34.5 Å². The van der Waals surface area contributed by atoms with Crippen molar-refractivity contribution in [2.75, 3.05) is 6.26 Å². The van der Waals surface area contributed by atoms with E-state index in [-0.39, 0.29) is 12.3 Å². The van der Waals surface area contributed by atoms with Crippen molar-refractivity contribution in [3.63, 3.8) is 0 Å². The number of aliphatic carboxylic acids is 1. The molecule has 1 atom stereocenters. The van der Waals surface area contributed by atoms with E-state index in [9.17, 15) is 9.59 Å². The van der Waals surface area contributed by atoms with Crippen LogP contribution in [-0.4, -0.2) is 34.4 Å². The molecular weight excluding hydrogens is 304 g/mol. The molecule has 3 N–H and O–H groups in total. The zero-order valence-electron chi connectivity index (χ0n) is 12.2. The fourth-order valence-corrected chi connectivity index (χ4v) is 2.02. The lowest BCUT2D eigenvalue weighted by Crippen LogP contribution is -2.41. The lowest BCUT2D eigenvalue weighted by molar-refractivity contribution is -0.141. The first-order chi connectivity index (χ1) is 10.5. The molecule has 1 aromatic rings. The Morgan fingerprint density at radius 3 is 2.50 bits per heavy atom. The van der Waals surface area contributed by atoms with Crippen LogP contribution in [0, 0.1) is 11.5 Å². The number of amides is 1. The molecule has 0 aromatic heterocycles. The molecule has 0 spiro atoms. The molecule has 0 aliphatic carbocycles. The van der Waals surface area contributed by atoms with E-state index in [0.29, 0.717) is 10.9 Å². The van der Waals surface area contributed by atoms with E-state index in [2.05, 4.69) is 15.6 Å². The van der Waals surface area contributed by atoms with E-state index in [1.807, 2.05) is 0 Å². The largest absolute Gasteiger partial charge is 0.480 e. The Morgan fingerprint density at radius 1 is 1.41 bits per heavy atom. The maximum atomic E-state index is 11.1. The molecule has 1 amide bonds. The number of hydrogen-bond acceptors (Lipinski definition) is 5. The van der Waals surface area contributed by atoms with Gasteiger partial charge in [0, 0.05) is 13.3 Å². The molecular formula is C14H16N4O3S. The summed E-state index contributed by atoms with van der Waals surface area (Å²) >= 11 is 1.31. The fraction of sp³-hybridized carbons (Fsp3) is 0.286. The van der Waals surface area contributed by atoms with E-state index in [4.69, 9.17) is 10.4 Å². The number of nitriles is 1. The van der Waals surface area contributed by atoms with Crippen molar-refractivity contribution in [1.29, 1.82) is 5.26 Å². The van der Waals surface area contributed by atoms with Crippen LogP contribution in [0.5, 0.6) is 0 Å². The number of carboxylic acids is 1. The molecule has 8 heteroatoms. The molecule has 0 radical (unpaired) electrons. The topological polar surface area (TPSA) is 115 Å². The van der Waals surface area contributed by atoms with Gasteiger partial charge in [-0.15, -0.1) is 0 Å². The summed E-state index contributed by atoms with van der Waals surface area (Å²) < 4.78 is 0. The number of nitrogens with one attached hydrogen (secondary N) is 2. The molecule has 22 heavy (non-hydrogen) atoms. The van der Waals surface area contributed by atoms with Gasteiger partial charge >= 0.3 is 5.97 Å². The molecule has 0 fully saturated rings. The fourth-order valence-electron chi connectivity index (χ4n) is 1.68. The number of amidine groups is 1. The summed E-state index contributed by atoms with van der Waals surface area (Å²) in [6.07, 6.45) is 3.78. The Hall–Kier alpha value is -2.53. The second-order valence-electron chi connectivity index (χ2n) is 4.32. The Balaban J connectivity index is 2.82. The highest BCUT2D eigenvalue weighted by molar-refractivity contribution is 8.13. The Kier molecular flexibility index (Phi) is 6.92. The van der Waals surface area contributed by atoms with Crippen molar-refractivity contribution in [2.24, 2.45) is 4.99 Å². The summed E-state index contributed by atoms with van der Waals surface area (Å²) in [4.78, 5) is 26.3. The first kappa shape index (κ1) is 17.5. The number of hydrogen-bond donors (Lipinski definition) is 3. The predicted molar refractivity (Wildman–Crippen MR) is 84.7 cm³/mol. The molecule has 0 aliphatic rings. The molecule has 0 saturated carbocycles. The normalized spacial score (nSPS) is 12.1. The molecule has 0 aliphatic heterocycles. The minimum Gasteiger partial charge on any atom is -0.480 e. The summed E-state index contributed by atoms with van der Waals surface area (Å²) in [5.41, 5.74) is 1.40. The average Bonchev–Trinajstić information content (AvgIpc) is 2.47. The SMILES string of the molecule is CSC(=Nc1ccc(CC(NC(C)=O)C(=O)O)cc1)NC#N. The predicted octanol–water partition coefficient (Wildman–Crippen LogP) is 1.24. The highest BCUT2D eigenvalue weighted by Crippen LogP contribution is 2.16. The lowest BCUT2D eigenvalue weighted by atomic mass is 10.1. The zero-order chi connectivity index (χ0) is 16.5. The summed E-state index contributed by atoms with van der Waals surface area (Å²) in [5, 5.41) is 22.9. The number of carbonyl (C=O) groups is 2. The van der Waals surface area contributed by atoms with Crippen LogP contribution >= 0.6 is 11.8 Å². The van der Waals surface area contributed by atoms with Gasteiger partial charge in [-0.2, -0.15) is 5.26 Å². The lowest BCUT2D eigenvalue weighted by Gasteiger charge is -2.13. The van der Waals surface area contributed by atoms with Gasteiger partial charge in [-0.05, 0) is 24.0 Å². The first-order valence-electron chi connectivity index (χ1n) is 6.33. The number of carboxylic acid groups (broad SMARTS) is 1. The van der Waals surface area contributed by atoms with Gasteiger partial charge in [0.2, 0.25) is 5.91 Å². The van der Waals surface area contributed by atoms with E-state index < -0.39 is 12.0 Å². The number of benzene rings is 1. The number of aliphatic imine (C=N–C) groups is 1. The highest BCUT2D eigenvalue weighted by atomic mass is 32.2. The van der Waals surface area contributed by atoms with E-state index in [1.54, 1.807) is 36.7 Å². The first-order valence-corrected chi connectivity index (χ1v) is 7.55. The molecule has 0 bridgehead atoms. The van der Waals surface area contributed by atoms with Crippen LogP contribution in [0.2, 0.25) is 0 Å². The monoisotopic (exact) mass is 320 g/mol. The number of nitrogens with zero attached hydrogens (tertiary/aromatic N) is 2. The number of rotatable bonds is 5. The molecule has 1 unspecified atom stereocenters. The van der Waals surface area contributed by atoms with Crippen LogP contribution in [-0.2, 0) is 16.0 Å². The molecule has 1 rings (SSSR count). The second-order valence-corrected chi connectivity index (χ2v) is 5.11. The van der Waals surface area contributed by atoms with Gasteiger partial charge in [0.05, 0.1) is 5.69 Å². The molecule has 7 nitrogen and oxygen atoms in total. The van der Waals surface area contributed by atoms with Crippen LogP contribution in [0.3, 0.4) is 0 Å². The quantitative estimate of drug-likeness (QED) is 0.325. The standard InChI is InChI=1S/C14H16N4O3S/c1-9(19)17-12(13(20)21)7-10-3-5-11(6-4-10)18-14(22-2)16-8-15/h3-6,12H,7H2,1-2H3,(H,16,18)(H,17,19)(H,20,21). The minimum absolute atomic E-state index is 0.185. The molecule has 116 valence electrons. The molecule has 1 aromatic carbocycles. The van der Waals surface area contributed by atoms with Crippen LogP contribution in [0.4, 0.5) is 5.69 Å². The smallest absolute Gasteiger partial charge is 0.326 e. The van der Waals surface area contributed by atoms with Gasteiger partial charge < -0.3 is 10.4 Å². The van der Waals surface area contributed by atoms with Crippen molar-refractivity contribution in [1.82, 2.24) is 10.6 Å². The van der Waals surface area contributed by atoms with Gasteiger partial charge in [-0.1, -0.05) is 23.9 Å². The van der Waals surface area contributed by atoms with Crippen molar-refractivity contribution in [3.8, 4) is 6.19 Å². The van der Waals surface area contributed by atoms with Crippen LogP contribution in [0.1, 0.15) is 12.5 Å². The van der Waals surface area contributed by atoms with E-state index >= 15 is 0 Å². The van der Waals surface area contributed by atoms with Crippen LogP contribution in [0.15, 0.2) is 29.3 Å². The van der Waals surface area contributed by atoms with Crippen molar-refractivity contribution in [3.05, 3.63) is 29.8 Å². The molecule has 0 heterocycles. The van der Waals surface area contributed by atoms with Gasteiger partial charge in [-0.3, -0.25) is 10.1 Å². The van der Waals surface area contributed by atoms with Crippen molar-refractivity contribution in [2.45, 2.75) is 19.4 Å². The van der Waals surface area contributed by atoms with Crippen molar-refractivity contribution < 1.29 is 14.7 Å². The minimum atomic E-state index is -1.08. The van der Waals surface area contributed by atoms with E-state index in [1.165, 1.54) is 18.7 Å². The highest BCUT2D eigenvalue weighted by Gasteiger charge is 2.18. The Bertz CT molecular complexity index is 608. The third-order valence-corrected chi connectivity index (χ3v) is 3.22. The average molecular weight is 320 g/mol. The summed E-state index contributed by atoms with van der Waals surface area (Å²) in [6, 6.07) is 5.95. The maximum absolute atomic E-state index is 11.1. The van der Waals surface area contributed by atoms with Gasteiger partial charge in [0.15, 0.2) is 11.4 Å². The zero-order valence-corrected chi connectivity index (χ0v) is 13.0. The third kappa shape index (κ3) is 5.85. The van der Waals surface area contributed by atoms with Gasteiger partial charge in [-0.25, -0.2) is 9.79 Å². The Labute approximate surface area is 132 Å². The Morgan fingerprint density at radius 2 is 2.05 bits per heavy atom. The maximum Gasteiger partial charge on any atom is 0.326 e. The number of thioether (sulfide) groups is 1. The summed E-state index contributed by atoms with van der Waals surface area (Å²) in [6.45, 7) is 1.28. The van der Waals surface area contributed by atoms with Crippen LogP contribution in [0.25, 0.3) is 0 Å². The van der Waals surface area contributed by atoms with Crippen LogP contribution < -0.4 is 10.6 Å². The second kappa shape index (κ2) is 8.69. The van der Waals surface area contributed by atoms with Gasteiger partial charge in [0.25, 0.3) is 0 Å². The molecule has 0 saturated heterocycles. The summed E-state index contributed by atoms with van der Waals surface area (Å²) in [7, 11) is 0. The third-order valence-electron chi connectivity index (χ3n) is 2.64. The van der Waals surface area contributed by atoms with E-state index in [0.717, 1.165) is 5.56 Å². The van der Waals surface area contributed by atoms with Gasteiger partial charge in [0.1, 0.15) is 6.04 Å². The summed E-state index contributed by atoms with van der Waals surface area (Å²) in [5.74, 6) is -1.47.